The van der Waals surface area contributed by atoms with Crippen LogP contribution in [0.4, 0.5) is 33.3 Å². The summed E-state index contributed by atoms with van der Waals surface area (Å²) in [5, 5.41) is 2.13. The second-order valence-corrected chi connectivity index (χ2v) is 3.36. The fraction of sp³-hybridized carbons (Fsp3) is 0. The van der Waals surface area contributed by atoms with Gasteiger partial charge in [-0.15, -0.1) is 0 Å². The zero-order valence-corrected chi connectivity index (χ0v) is 8.70. The molecule has 0 fully saturated rings. The van der Waals surface area contributed by atoms with Gasteiger partial charge in [-0.1, -0.05) is 12.1 Å². The standard InChI is InChI=1S/C12H5F5N/c13-7-8(14)10(16)12(11(17)9(7)15)18-6-4-2-1-3-5-6/h2-5,18H. The molecule has 2 aromatic carbocycles. The Morgan fingerprint density at radius 1 is 0.722 bits per heavy atom. The molecular weight excluding hydrogens is 253 g/mol. The van der Waals surface area contributed by atoms with Crippen molar-refractivity contribution in [2.75, 3.05) is 5.32 Å². The SMILES string of the molecule is Fc1c(F)c(F)c(Nc2cc[c]cc2)c(F)c1F. The van der Waals surface area contributed by atoms with Crippen molar-refractivity contribution in [1.82, 2.24) is 0 Å². The summed E-state index contributed by atoms with van der Waals surface area (Å²) in [5.41, 5.74) is -0.908. The molecule has 1 N–H and O–H groups in total. The molecule has 0 aliphatic carbocycles. The third-order valence-corrected chi connectivity index (χ3v) is 2.20. The molecule has 0 amide bonds. The molecule has 0 saturated carbocycles. The van der Waals surface area contributed by atoms with Crippen LogP contribution in [-0.2, 0) is 0 Å². The molecule has 0 bridgehead atoms. The van der Waals surface area contributed by atoms with Gasteiger partial charge in [0.2, 0.25) is 5.82 Å². The van der Waals surface area contributed by atoms with Gasteiger partial charge < -0.3 is 5.32 Å². The van der Waals surface area contributed by atoms with Gasteiger partial charge in [-0.3, -0.25) is 0 Å². The van der Waals surface area contributed by atoms with E-state index in [0.29, 0.717) is 0 Å². The fourth-order valence-electron chi connectivity index (χ4n) is 1.33. The average molecular weight is 258 g/mol. The van der Waals surface area contributed by atoms with Gasteiger partial charge in [-0.05, 0) is 18.2 Å². The molecule has 0 heterocycles. The Labute approximate surface area is 98.9 Å². The van der Waals surface area contributed by atoms with Gasteiger partial charge in [-0.25, -0.2) is 22.0 Å². The van der Waals surface area contributed by atoms with Gasteiger partial charge in [0.05, 0.1) is 0 Å². The molecule has 0 aliphatic heterocycles. The Balaban J connectivity index is 2.52. The van der Waals surface area contributed by atoms with E-state index in [0.717, 1.165) is 0 Å². The maximum atomic E-state index is 13.3. The zero-order valence-electron chi connectivity index (χ0n) is 8.70. The lowest BCUT2D eigenvalue weighted by atomic mass is 10.2. The average Bonchev–Trinajstić information content (AvgIpc) is 2.40. The van der Waals surface area contributed by atoms with Crippen LogP contribution in [0.15, 0.2) is 24.3 Å². The van der Waals surface area contributed by atoms with Crippen molar-refractivity contribution in [3.63, 3.8) is 0 Å². The Bertz CT molecular complexity index is 554. The quantitative estimate of drug-likeness (QED) is 0.489. The second-order valence-electron chi connectivity index (χ2n) is 3.36. The predicted octanol–water partition coefficient (Wildman–Crippen LogP) is 3.93. The highest BCUT2D eigenvalue weighted by Gasteiger charge is 2.25. The lowest BCUT2D eigenvalue weighted by Crippen LogP contribution is -2.06. The summed E-state index contributed by atoms with van der Waals surface area (Å²) < 4.78 is 65.2. The first-order valence-electron chi connectivity index (χ1n) is 4.77. The first kappa shape index (κ1) is 12.3. The number of benzene rings is 2. The van der Waals surface area contributed by atoms with Crippen molar-refractivity contribution in [3.8, 4) is 0 Å². The summed E-state index contributed by atoms with van der Waals surface area (Å²) in [5.74, 6) is -9.96. The Morgan fingerprint density at radius 2 is 1.17 bits per heavy atom. The normalized spacial score (nSPS) is 10.5. The van der Waals surface area contributed by atoms with E-state index in [1.807, 2.05) is 0 Å². The first-order chi connectivity index (χ1) is 8.52. The number of hydrogen-bond donors (Lipinski definition) is 1. The molecule has 0 atom stereocenters. The minimum atomic E-state index is -2.18. The summed E-state index contributed by atoms with van der Waals surface area (Å²) in [6.07, 6.45) is 0. The third-order valence-electron chi connectivity index (χ3n) is 2.20. The molecule has 2 aromatic rings. The van der Waals surface area contributed by atoms with Gasteiger partial charge >= 0.3 is 0 Å². The number of halogens is 5. The summed E-state index contributed by atoms with van der Waals surface area (Å²) in [7, 11) is 0. The van der Waals surface area contributed by atoms with E-state index in [4.69, 9.17) is 0 Å². The fourth-order valence-corrected chi connectivity index (χ4v) is 1.33. The Kier molecular flexibility index (Phi) is 3.18. The van der Waals surface area contributed by atoms with E-state index < -0.39 is 34.8 Å². The van der Waals surface area contributed by atoms with E-state index in [1.165, 1.54) is 24.3 Å². The zero-order chi connectivity index (χ0) is 13.3. The second kappa shape index (κ2) is 4.64. The maximum absolute atomic E-state index is 13.3. The third kappa shape index (κ3) is 2.01. The summed E-state index contributed by atoms with van der Waals surface area (Å²) in [6.45, 7) is 0. The van der Waals surface area contributed by atoms with E-state index >= 15 is 0 Å². The highest BCUT2D eigenvalue weighted by atomic mass is 19.2. The Hall–Kier alpha value is -2.11. The predicted molar refractivity (Wildman–Crippen MR) is 54.8 cm³/mol. The first-order valence-corrected chi connectivity index (χ1v) is 4.77. The number of anilines is 2. The molecule has 93 valence electrons. The van der Waals surface area contributed by atoms with Crippen LogP contribution in [0.2, 0.25) is 0 Å². The summed E-state index contributed by atoms with van der Waals surface area (Å²) in [4.78, 5) is 0. The van der Waals surface area contributed by atoms with E-state index in [1.54, 1.807) is 0 Å². The largest absolute Gasteiger partial charge is 0.351 e. The van der Waals surface area contributed by atoms with E-state index in [2.05, 4.69) is 11.4 Å². The molecule has 0 spiro atoms. The van der Waals surface area contributed by atoms with Crippen molar-refractivity contribution in [2.45, 2.75) is 0 Å². The highest BCUT2D eigenvalue weighted by Crippen LogP contribution is 2.29. The van der Waals surface area contributed by atoms with Gasteiger partial charge in [0, 0.05) is 5.69 Å². The lowest BCUT2D eigenvalue weighted by molar-refractivity contribution is 0.382. The van der Waals surface area contributed by atoms with Crippen LogP contribution >= 0.6 is 0 Å². The topological polar surface area (TPSA) is 12.0 Å². The van der Waals surface area contributed by atoms with Gasteiger partial charge in [0.1, 0.15) is 5.69 Å². The Morgan fingerprint density at radius 3 is 1.67 bits per heavy atom. The maximum Gasteiger partial charge on any atom is 0.200 e. The van der Waals surface area contributed by atoms with Crippen LogP contribution < -0.4 is 5.32 Å². The minimum Gasteiger partial charge on any atom is -0.351 e. The van der Waals surface area contributed by atoms with Crippen LogP contribution in [0.3, 0.4) is 0 Å². The molecule has 0 aromatic heterocycles. The van der Waals surface area contributed by atoms with E-state index in [9.17, 15) is 22.0 Å². The van der Waals surface area contributed by atoms with Gasteiger partial charge in [0.25, 0.3) is 0 Å². The lowest BCUT2D eigenvalue weighted by Gasteiger charge is -2.10. The number of rotatable bonds is 2. The van der Waals surface area contributed by atoms with Gasteiger partial charge in [0.15, 0.2) is 23.3 Å². The summed E-state index contributed by atoms with van der Waals surface area (Å²) >= 11 is 0. The van der Waals surface area contributed by atoms with Crippen LogP contribution in [0.5, 0.6) is 0 Å². The number of hydrogen-bond acceptors (Lipinski definition) is 1. The van der Waals surface area contributed by atoms with Gasteiger partial charge in [-0.2, -0.15) is 0 Å². The molecule has 2 rings (SSSR count). The van der Waals surface area contributed by atoms with Crippen LogP contribution in [-0.4, -0.2) is 0 Å². The smallest absolute Gasteiger partial charge is 0.200 e. The monoisotopic (exact) mass is 258 g/mol. The van der Waals surface area contributed by atoms with E-state index in [-0.39, 0.29) is 5.69 Å². The molecule has 18 heavy (non-hydrogen) atoms. The summed E-state index contributed by atoms with van der Waals surface area (Å²) in [6, 6.07) is 8.24. The molecular formula is C12H5F5N. The molecule has 1 nitrogen and oxygen atoms in total. The van der Waals surface area contributed by atoms with Crippen molar-refractivity contribution in [1.29, 1.82) is 0 Å². The van der Waals surface area contributed by atoms with Crippen molar-refractivity contribution in [2.24, 2.45) is 0 Å². The highest BCUT2D eigenvalue weighted by molar-refractivity contribution is 5.61. The molecule has 6 heteroatoms. The number of nitrogens with one attached hydrogen (secondary N) is 1. The van der Waals surface area contributed by atoms with Crippen LogP contribution in [0, 0.1) is 35.2 Å². The minimum absolute atomic E-state index is 0.178. The molecule has 0 aliphatic rings. The van der Waals surface area contributed by atoms with Crippen molar-refractivity contribution >= 4 is 11.4 Å². The molecule has 1 radical (unpaired) electrons. The molecule has 0 unspecified atom stereocenters. The van der Waals surface area contributed by atoms with Crippen molar-refractivity contribution < 1.29 is 22.0 Å². The van der Waals surface area contributed by atoms with Crippen LogP contribution in [0.25, 0.3) is 0 Å². The van der Waals surface area contributed by atoms with Crippen molar-refractivity contribution in [3.05, 3.63) is 59.4 Å². The van der Waals surface area contributed by atoms with Crippen LogP contribution in [0.1, 0.15) is 0 Å². The molecule has 0 saturated heterocycles.